The molecule has 7 heteroatoms. The molecular weight excluding hydrogens is 250 g/mol. The van der Waals surface area contributed by atoms with Gasteiger partial charge < -0.3 is 15.2 Å². The minimum absolute atomic E-state index is 0.0263. The number of carbonyl (C=O) groups excluding carboxylic acids is 2. The summed E-state index contributed by atoms with van der Waals surface area (Å²) in [7, 11) is 0. The minimum Gasteiger partial charge on any atom is -0.454 e. The van der Waals surface area contributed by atoms with Crippen LogP contribution in [0, 0.1) is 0 Å². The van der Waals surface area contributed by atoms with E-state index in [9.17, 15) is 9.59 Å². The van der Waals surface area contributed by atoms with Gasteiger partial charge in [-0.15, -0.1) is 0 Å². The van der Waals surface area contributed by atoms with Gasteiger partial charge in [0.25, 0.3) is 5.91 Å². The molecule has 2 N–H and O–H groups in total. The first-order valence-corrected chi connectivity index (χ1v) is 5.92. The van der Waals surface area contributed by atoms with E-state index in [-0.39, 0.29) is 38.4 Å². The van der Waals surface area contributed by atoms with Gasteiger partial charge in [0.05, 0.1) is 0 Å². The fourth-order valence-corrected chi connectivity index (χ4v) is 2.14. The van der Waals surface area contributed by atoms with E-state index in [2.05, 4.69) is 0 Å². The maximum atomic E-state index is 12.1. The van der Waals surface area contributed by atoms with Gasteiger partial charge in [0, 0.05) is 24.8 Å². The molecule has 0 spiro atoms. The lowest BCUT2D eigenvalue weighted by atomic mass is 10.2. The van der Waals surface area contributed by atoms with Crippen LogP contribution in [0.15, 0.2) is 18.2 Å². The maximum Gasteiger partial charge on any atom is 0.331 e. The average Bonchev–Trinajstić information content (AvgIpc) is 2.97. The van der Waals surface area contributed by atoms with Gasteiger partial charge in [-0.2, -0.15) is 0 Å². The number of carbonyl (C=O) groups is 2. The van der Waals surface area contributed by atoms with Gasteiger partial charge in [-0.05, 0) is 12.1 Å². The Balaban J connectivity index is 1.87. The van der Waals surface area contributed by atoms with E-state index >= 15 is 0 Å². The highest BCUT2D eigenvalue weighted by molar-refractivity contribution is 6.12. The van der Waals surface area contributed by atoms with Crippen LogP contribution >= 0.6 is 0 Å². The lowest BCUT2D eigenvalue weighted by Crippen LogP contribution is -2.36. The monoisotopic (exact) mass is 263 g/mol. The number of rotatable bonds is 3. The van der Waals surface area contributed by atoms with E-state index in [0.717, 1.165) is 4.90 Å². The number of amides is 3. The zero-order valence-corrected chi connectivity index (χ0v) is 10.2. The first kappa shape index (κ1) is 11.8. The largest absolute Gasteiger partial charge is 0.454 e. The molecular formula is C12H13N3O4. The fourth-order valence-electron chi connectivity index (χ4n) is 2.14. The van der Waals surface area contributed by atoms with Crippen molar-refractivity contribution in [3.8, 4) is 11.5 Å². The minimum atomic E-state index is -0.352. The van der Waals surface area contributed by atoms with Crippen LogP contribution in [0.3, 0.4) is 0 Å². The van der Waals surface area contributed by atoms with Crippen molar-refractivity contribution in [2.24, 2.45) is 5.73 Å². The summed E-state index contributed by atoms with van der Waals surface area (Å²) >= 11 is 0. The SMILES string of the molecule is NCCN1C(=O)CN(c2ccc3c(c2)OCO3)C1=O. The number of ether oxygens (including phenoxy) is 2. The standard InChI is InChI=1S/C12H13N3O4/c13-3-4-14-11(16)6-15(12(14)17)8-1-2-9-10(5-8)19-7-18-9/h1-2,5H,3-4,6-7,13H2. The number of nitrogens with two attached hydrogens (primary N) is 1. The van der Waals surface area contributed by atoms with Crippen molar-refractivity contribution in [1.82, 2.24) is 4.90 Å². The Bertz CT molecular complexity index is 546. The number of anilines is 1. The van der Waals surface area contributed by atoms with Gasteiger partial charge in [-0.3, -0.25) is 14.6 Å². The molecule has 0 unspecified atom stereocenters. The molecule has 0 radical (unpaired) electrons. The molecule has 2 aliphatic heterocycles. The summed E-state index contributed by atoms with van der Waals surface area (Å²) in [6.07, 6.45) is 0. The Labute approximate surface area is 109 Å². The van der Waals surface area contributed by atoms with Crippen molar-refractivity contribution < 1.29 is 19.1 Å². The molecule has 7 nitrogen and oxygen atoms in total. The normalized spacial score (nSPS) is 17.5. The summed E-state index contributed by atoms with van der Waals surface area (Å²) in [6, 6.07) is 4.79. The van der Waals surface area contributed by atoms with Crippen LogP contribution in [0.1, 0.15) is 0 Å². The number of fused-ring (bicyclic) bond motifs is 1. The molecule has 0 aliphatic carbocycles. The second-order valence-corrected chi connectivity index (χ2v) is 4.24. The number of urea groups is 1. The van der Waals surface area contributed by atoms with Crippen LogP contribution in [-0.2, 0) is 4.79 Å². The van der Waals surface area contributed by atoms with Crippen molar-refractivity contribution in [1.29, 1.82) is 0 Å². The van der Waals surface area contributed by atoms with Gasteiger partial charge in [0.2, 0.25) is 6.79 Å². The summed E-state index contributed by atoms with van der Waals surface area (Å²) in [5.74, 6) is 0.976. The molecule has 3 amide bonds. The van der Waals surface area contributed by atoms with E-state index in [0.29, 0.717) is 17.2 Å². The van der Waals surface area contributed by atoms with Gasteiger partial charge >= 0.3 is 6.03 Å². The molecule has 2 aliphatic rings. The predicted octanol–water partition coefficient (Wildman–Crippen LogP) is 0.143. The van der Waals surface area contributed by atoms with Crippen LogP contribution in [-0.4, -0.2) is 43.3 Å². The van der Waals surface area contributed by atoms with Crippen LogP contribution in [0.5, 0.6) is 11.5 Å². The number of imide groups is 1. The predicted molar refractivity (Wildman–Crippen MR) is 66.1 cm³/mol. The summed E-state index contributed by atoms with van der Waals surface area (Å²) < 4.78 is 10.5. The van der Waals surface area contributed by atoms with E-state index in [1.54, 1.807) is 18.2 Å². The quantitative estimate of drug-likeness (QED) is 0.784. The van der Waals surface area contributed by atoms with Gasteiger partial charge in [-0.1, -0.05) is 0 Å². The van der Waals surface area contributed by atoms with E-state index in [1.165, 1.54) is 4.90 Å². The first-order valence-electron chi connectivity index (χ1n) is 5.92. The smallest absolute Gasteiger partial charge is 0.331 e. The fraction of sp³-hybridized carbons (Fsp3) is 0.333. The van der Waals surface area contributed by atoms with E-state index in [4.69, 9.17) is 15.2 Å². The summed E-state index contributed by atoms with van der Waals surface area (Å²) in [4.78, 5) is 26.4. The van der Waals surface area contributed by atoms with Crippen LogP contribution in [0.4, 0.5) is 10.5 Å². The van der Waals surface area contributed by atoms with Gasteiger partial charge in [-0.25, -0.2) is 4.79 Å². The van der Waals surface area contributed by atoms with Crippen LogP contribution < -0.4 is 20.1 Å². The Morgan fingerprint density at radius 1 is 1.21 bits per heavy atom. The lowest BCUT2D eigenvalue weighted by molar-refractivity contribution is -0.124. The molecule has 1 aromatic rings. The highest BCUT2D eigenvalue weighted by Gasteiger charge is 2.36. The third-order valence-electron chi connectivity index (χ3n) is 3.08. The van der Waals surface area contributed by atoms with Gasteiger partial charge in [0.1, 0.15) is 6.54 Å². The molecule has 1 aromatic carbocycles. The molecule has 100 valence electrons. The van der Waals surface area contributed by atoms with E-state index in [1.807, 2.05) is 0 Å². The number of hydrogen-bond donors (Lipinski definition) is 1. The molecule has 0 bridgehead atoms. The second-order valence-electron chi connectivity index (χ2n) is 4.24. The number of benzene rings is 1. The van der Waals surface area contributed by atoms with Crippen molar-refractivity contribution in [3.05, 3.63) is 18.2 Å². The van der Waals surface area contributed by atoms with Crippen molar-refractivity contribution in [3.63, 3.8) is 0 Å². The zero-order valence-electron chi connectivity index (χ0n) is 10.2. The Kier molecular flexibility index (Phi) is 2.75. The number of nitrogens with zero attached hydrogens (tertiary/aromatic N) is 2. The highest BCUT2D eigenvalue weighted by Crippen LogP contribution is 2.36. The third-order valence-corrected chi connectivity index (χ3v) is 3.08. The molecule has 0 saturated carbocycles. The van der Waals surface area contributed by atoms with E-state index < -0.39 is 0 Å². The molecule has 1 fully saturated rings. The third kappa shape index (κ3) is 1.88. The molecule has 19 heavy (non-hydrogen) atoms. The average molecular weight is 263 g/mol. The second kappa shape index (κ2) is 4.43. The number of hydrogen-bond acceptors (Lipinski definition) is 5. The van der Waals surface area contributed by atoms with Crippen LogP contribution in [0.2, 0.25) is 0 Å². The first-order chi connectivity index (χ1) is 9.20. The summed E-state index contributed by atoms with van der Waals surface area (Å²) in [5, 5.41) is 0. The molecule has 0 aromatic heterocycles. The van der Waals surface area contributed by atoms with Crippen molar-refractivity contribution in [2.45, 2.75) is 0 Å². The van der Waals surface area contributed by atoms with Gasteiger partial charge in [0.15, 0.2) is 11.5 Å². The summed E-state index contributed by atoms with van der Waals surface area (Å²) in [5.41, 5.74) is 6.00. The topological polar surface area (TPSA) is 85.1 Å². The maximum absolute atomic E-state index is 12.1. The van der Waals surface area contributed by atoms with Crippen molar-refractivity contribution >= 4 is 17.6 Å². The van der Waals surface area contributed by atoms with Crippen LogP contribution in [0.25, 0.3) is 0 Å². The molecule has 3 rings (SSSR count). The molecule has 2 heterocycles. The zero-order chi connectivity index (χ0) is 13.4. The van der Waals surface area contributed by atoms with Crippen molar-refractivity contribution in [2.75, 3.05) is 31.3 Å². The Hall–Kier alpha value is -2.28. The molecule has 0 atom stereocenters. The Morgan fingerprint density at radius 3 is 2.79 bits per heavy atom. The lowest BCUT2D eigenvalue weighted by Gasteiger charge is -2.16. The highest BCUT2D eigenvalue weighted by atomic mass is 16.7. The molecule has 1 saturated heterocycles. The Morgan fingerprint density at radius 2 is 2.00 bits per heavy atom. The summed E-state index contributed by atoms with van der Waals surface area (Å²) in [6.45, 7) is 0.689.